The molecule has 0 unspecified atom stereocenters. The summed E-state index contributed by atoms with van der Waals surface area (Å²) in [6, 6.07) is 9.08. The van der Waals surface area contributed by atoms with Gasteiger partial charge in [-0.1, -0.05) is 12.5 Å². The molecular weight excluding hydrogens is 314 g/mol. The maximum atomic E-state index is 11.4. The molecule has 2 aliphatic rings. The first-order valence-electron chi connectivity index (χ1n) is 8.83. The van der Waals surface area contributed by atoms with E-state index in [2.05, 4.69) is 4.90 Å². The van der Waals surface area contributed by atoms with E-state index in [4.69, 9.17) is 0 Å². The van der Waals surface area contributed by atoms with E-state index in [1.807, 2.05) is 32.0 Å². The van der Waals surface area contributed by atoms with Gasteiger partial charge in [-0.05, 0) is 79.5 Å². The quantitative estimate of drug-likeness (QED) is 0.842. The fraction of sp³-hybridized carbons (Fsp3) is 0.381. The lowest BCUT2D eigenvalue weighted by atomic mass is 9.63. The summed E-state index contributed by atoms with van der Waals surface area (Å²) >= 11 is 0. The maximum absolute atomic E-state index is 11.4. The van der Waals surface area contributed by atoms with Crippen molar-refractivity contribution in [3.63, 3.8) is 0 Å². The first kappa shape index (κ1) is 16.0. The van der Waals surface area contributed by atoms with Crippen molar-refractivity contribution < 1.29 is 15.0 Å². The molecule has 1 saturated carbocycles. The van der Waals surface area contributed by atoms with Gasteiger partial charge >= 0.3 is 5.97 Å². The minimum Gasteiger partial charge on any atom is -0.508 e. The van der Waals surface area contributed by atoms with Crippen LogP contribution in [0.25, 0.3) is 0 Å². The van der Waals surface area contributed by atoms with Gasteiger partial charge in [0, 0.05) is 17.9 Å². The third kappa shape index (κ3) is 2.48. The van der Waals surface area contributed by atoms with Gasteiger partial charge in [0.15, 0.2) is 0 Å². The smallest absolute Gasteiger partial charge is 0.335 e. The van der Waals surface area contributed by atoms with Crippen molar-refractivity contribution in [3.05, 3.63) is 52.6 Å². The molecule has 1 aliphatic carbocycles. The third-order valence-corrected chi connectivity index (χ3v) is 6.06. The minimum atomic E-state index is -0.906. The molecule has 4 rings (SSSR count). The van der Waals surface area contributed by atoms with Crippen LogP contribution in [0.4, 0.5) is 11.4 Å². The lowest BCUT2D eigenvalue weighted by molar-refractivity contribution is 0.0697. The number of hydrogen-bond acceptors (Lipinski definition) is 3. The van der Waals surface area contributed by atoms with Gasteiger partial charge < -0.3 is 15.1 Å². The summed E-state index contributed by atoms with van der Waals surface area (Å²) < 4.78 is 0. The van der Waals surface area contributed by atoms with Gasteiger partial charge in [0.1, 0.15) is 5.75 Å². The fourth-order valence-corrected chi connectivity index (χ4v) is 4.38. The van der Waals surface area contributed by atoms with Crippen LogP contribution in [0.5, 0.6) is 5.75 Å². The molecule has 0 atom stereocenters. The monoisotopic (exact) mass is 337 g/mol. The van der Waals surface area contributed by atoms with Crippen molar-refractivity contribution in [2.24, 2.45) is 5.41 Å². The first-order valence-corrected chi connectivity index (χ1v) is 8.83. The predicted molar refractivity (Wildman–Crippen MR) is 98.0 cm³/mol. The van der Waals surface area contributed by atoms with Crippen molar-refractivity contribution in [1.29, 1.82) is 0 Å². The van der Waals surface area contributed by atoms with Crippen molar-refractivity contribution in [2.45, 2.75) is 39.5 Å². The van der Waals surface area contributed by atoms with Crippen LogP contribution in [0.3, 0.4) is 0 Å². The molecule has 1 fully saturated rings. The summed E-state index contributed by atoms with van der Waals surface area (Å²) in [4.78, 5) is 13.7. The first-order chi connectivity index (χ1) is 11.9. The Balaban J connectivity index is 1.89. The molecule has 2 aromatic carbocycles. The molecule has 0 radical (unpaired) electrons. The fourth-order valence-electron chi connectivity index (χ4n) is 4.38. The molecule has 2 N–H and O–H groups in total. The Morgan fingerprint density at radius 3 is 2.56 bits per heavy atom. The average Bonchev–Trinajstić information content (AvgIpc) is 2.57. The number of phenols is 1. The second-order valence-electron chi connectivity index (χ2n) is 7.63. The van der Waals surface area contributed by atoms with Crippen molar-refractivity contribution in [1.82, 2.24) is 0 Å². The summed E-state index contributed by atoms with van der Waals surface area (Å²) in [5, 5.41) is 19.6. The third-order valence-electron chi connectivity index (χ3n) is 6.06. The van der Waals surface area contributed by atoms with Crippen LogP contribution >= 0.6 is 0 Å². The average molecular weight is 337 g/mol. The molecule has 0 bridgehead atoms. The van der Waals surface area contributed by atoms with E-state index < -0.39 is 5.97 Å². The highest BCUT2D eigenvalue weighted by Crippen LogP contribution is 2.53. The van der Waals surface area contributed by atoms with E-state index in [1.54, 1.807) is 12.1 Å². The number of carboxylic acid groups (broad SMARTS) is 1. The topological polar surface area (TPSA) is 60.8 Å². The summed E-state index contributed by atoms with van der Waals surface area (Å²) in [7, 11) is 0. The highest BCUT2D eigenvalue weighted by atomic mass is 16.4. The number of hydrogen-bond donors (Lipinski definition) is 2. The van der Waals surface area contributed by atoms with Gasteiger partial charge in [0.05, 0.1) is 5.56 Å². The number of aromatic carboxylic acids is 1. The van der Waals surface area contributed by atoms with Crippen molar-refractivity contribution in [2.75, 3.05) is 11.4 Å². The SMILES string of the molecule is Cc1c(O)cc2c(c1C)N(c1cccc(C(=O)O)c1)CC1(CCC1)C2. The molecule has 1 spiro atoms. The highest BCUT2D eigenvalue weighted by Gasteiger charge is 2.43. The lowest BCUT2D eigenvalue weighted by Crippen LogP contribution is -2.46. The lowest BCUT2D eigenvalue weighted by Gasteiger charge is -2.50. The number of carboxylic acids is 1. The van der Waals surface area contributed by atoms with Gasteiger partial charge in [-0.2, -0.15) is 0 Å². The van der Waals surface area contributed by atoms with Gasteiger partial charge in [-0.15, -0.1) is 0 Å². The Hall–Kier alpha value is -2.49. The van der Waals surface area contributed by atoms with E-state index in [-0.39, 0.29) is 5.41 Å². The molecule has 0 aromatic heterocycles. The molecule has 1 heterocycles. The predicted octanol–water partition coefficient (Wildman–Crippen LogP) is 4.57. The van der Waals surface area contributed by atoms with Crippen LogP contribution in [0.1, 0.15) is 46.3 Å². The standard InChI is InChI=1S/C21H23NO3/c1-13-14(2)19-16(10-18(13)23)11-21(7-4-8-21)12-22(19)17-6-3-5-15(9-17)20(24)25/h3,5-6,9-10,23H,4,7-8,11-12H2,1-2H3,(H,24,25). The second-order valence-corrected chi connectivity index (χ2v) is 7.63. The molecule has 130 valence electrons. The molecule has 4 heteroatoms. The number of rotatable bonds is 2. The second kappa shape index (κ2) is 5.51. The normalized spacial score (nSPS) is 17.9. The Bertz CT molecular complexity index is 868. The van der Waals surface area contributed by atoms with Crippen LogP contribution in [-0.2, 0) is 6.42 Å². The number of benzene rings is 2. The molecule has 1 aliphatic heterocycles. The minimum absolute atomic E-state index is 0.250. The van der Waals surface area contributed by atoms with Crippen molar-refractivity contribution >= 4 is 17.3 Å². The molecule has 0 amide bonds. The van der Waals surface area contributed by atoms with E-state index in [0.717, 1.165) is 35.5 Å². The summed E-state index contributed by atoms with van der Waals surface area (Å²) in [5.41, 5.74) is 5.75. The maximum Gasteiger partial charge on any atom is 0.335 e. The van der Waals surface area contributed by atoms with E-state index in [1.165, 1.54) is 24.8 Å². The van der Waals surface area contributed by atoms with Crippen LogP contribution in [0.2, 0.25) is 0 Å². The molecule has 2 aromatic rings. The molecular formula is C21H23NO3. The number of aromatic hydroxyl groups is 1. The number of phenolic OH excluding ortho intramolecular Hbond substituents is 1. The largest absolute Gasteiger partial charge is 0.508 e. The summed E-state index contributed by atoms with van der Waals surface area (Å²) in [6.45, 7) is 4.89. The Labute approximate surface area is 147 Å². The van der Waals surface area contributed by atoms with E-state index in [0.29, 0.717) is 11.3 Å². The van der Waals surface area contributed by atoms with Crippen LogP contribution in [0.15, 0.2) is 30.3 Å². The number of anilines is 2. The Kier molecular flexibility index (Phi) is 3.53. The zero-order valence-electron chi connectivity index (χ0n) is 14.7. The zero-order chi connectivity index (χ0) is 17.8. The van der Waals surface area contributed by atoms with Gasteiger partial charge in [0.2, 0.25) is 0 Å². The molecule has 4 nitrogen and oxygen atoms in total. The van der Waals surface area contributed by atoms with Gasteiger partial charge in [-0.25, -0.2) is 4.79 Å². The van der Waals surface area contributed by atoms with Crippen LogP contribution < -0.4 is 4.90 Å². The van der Waals surface area contributed by atoms with Crippen molar-refractivity contribution in [3.8, 4) is 5.75 Å². The highest BCUT2D eigenvalue weighted by molar-refractivity contribution is 5.89. The number of carbonyl (C=O) groups is 1. The Morgan fingerprint density at radius 2 is 1.92 bits per heavy atom. The van der Waals surface area contributed by atoms with E-state index >= 15 is 0 Å². The number of nitrogens with zero attached hydrogens (tertiary/aromatic N) is 1. The zero-order valence-corrected chi connectivity index (χ0v) is 14.7. The van der Waals surface area contributed by atoms with Crippen LogP contribution in [0, 0.1) is 19.3 Å². The van der Waals surface area contributed by atoms with Crippen LogP contribution in [-0.4, -0.2) is 22.7 Å². The summed E-state index contributed by atoms with van der Waals surface area (Å²) in [6.07, 6.45) is 4.62. The van der Waals surface area contributed by atoms with Gasteiger partial charge in [-0.3, -0.25) is 0 Å². The number of fused-ring (bicyclic) bond motifs is 1. The Morgan fingerprint density at radius 1 is 1.16 bits per heavy atom. The van der Waals surface area contributed by atoms with E-state index in [9.17, 15) is 15.0 Å². The summed E-state index contributed by atoms with van der Waals surface area (Å²) in [5.74, 6) is -0.553. The van der Waals surface area contributed by atoms with Gasteiger partial charge in [0.25, 0.3) is 0 Å². The molecule has 25 heavy (non-hydrogen) atoms. The molecule has 0 saturated heterocycles.